The summed E-state index contributed by atoms with van der Waals surface area (Å²) in [4.78, 5) is 4.38. The zero-order valence-corrected chi connectivity index (χ0v) is 12.2. The lowest BCUT2D eigenvalue weighted by Gasteiger charge is -2.06. The zero-order valence-electron chi connectivity index (χ0n) is 12.2. The third-order valence-corrected chi connectivity index (χ3v) is 3.76. The number of fused-ring (bicyclic) bond motifs is 2. The van der Waals surface area contributed by atoms with Crippen LogP contribution in [0.1, 0.15) is 16.8 Å². The molecule has 1 aliphatic heterocycles. The van der Waals surface area contributed by atoms with Gasteiger partial charge in [-0.2, -0.15) is 5.10 Å². The van der Waals surface area contributed by atoms with Crippen molar-refractivity contribution in [3.05, 3.63) is 47.3 Å². The molecule has 2 N–H and O–H groups in total. The van der Waals surface area contributed by atoms with Gasteiger partial charge in [0.2, 0.25) is 6.79 Å². The fraction of sp³-hybridized carbons (Fsp3) is 0.250. The molecule has 0 saturated heterocycles. The van der Waals surface area contributed by atoms with E-state index in [-0.39, 0.29) is 0 Å². The van der Waals surface area contributed by atoms with Gasteiger partial charge in [-0.1, -0.05) is 6.07 Å². The van der Waals surface area contributed by atoms with Crippen molar-refractivity contribution in [2.45, 2.75) is 20.0 Å². The van der Waals surface area contributed by atoms with E-state index in [1.165, 1.54) is 0 Å². The van der Waals surface area contributed by atoms with Gasteiger partial charge < -0.3 is 14.8 Å². The van der Waals surface area contributed by atoms with E-state index in [1.54, 1.807) is 0 Å². The van der Waals surface area contributed by atoms with Crippen LogP contribution in [0.3, 0.4) is 0 Å². The summed E-state index contributed by atoms with van der Waals surface area (Å²) >= 11 is 0. The van der Waals surface area contributed by atoms with E-state index in [2.05, 4.69) is 26.6 Å². The topological polar surface area (TPSA) is 72.1 Å². The predicted octanol–water partition coefficient (Wildman–Crippen LogP) is 2.28. The SMILES string of the molecule is Cc1n[nH]c2ncc(CNCc3ccc4c(c3)OCO4)cc12. The minimum Gasteiger partial charge on any atom is -0.454 e. The molecule has 2 aromatic heterocycles. The number of pyridine rings is 1. The van der Waals surface area contributed by atoms with Gasteiger partial charge in [-0.15, -0.1) is 0 Å². The molecule has 0 amide bonds. The van der Waals surface area contributed by atoms with Crippen molar-refractivity contribution >= 4 is 11.0 Å². The summed E-state index contributed by atoms with van der Waals surface area (Å²) in [5.74, 6) is 1.63. The van der Waals surface area contributed by atoms with Gasteiger partial charge in [0.25, 0.3) is 0 Å². The fourth-order valence-electron chi connectivity index (χ4n) is 2.57. The maximum Gasteiger partial charge on any atom is 0.231 e. The molecule has 3 heterocycles. The Morgan fingerprint density at radius 2 is 2.00 bits per heavy atom. The summed E-state index contributed by atoms with van der Waals surface area (Å²) in [6.07, 6.45) is 1.87. The molecule has 0 atom stereocenters. The van der Waals surface area contributed by atoms with Gasteiger partial charge in [0.1, 0.15) is 0 Å². The highest BCUT2D eigenvalue weighted by Gasteiger charge is 2.12. The van der Waals surface area contributed by atoms with Crippen LogP contribution in [0.15, 0.2) is 30.5 Å². The van der Waals surface area contributed by atoms with Crippen molar-refractivity contribution in [1.82, 2.24) is 20.5 Å². The average Bonchev–Trinajstić information content (AvgIpc) is 3.14. The molecule has 6 heteroatoms. The van der Waals surface area contributed by atoms with E-state index in [9.17, 15) is 0 Å². The number of nitrogens with zero attached hydrogens (tertiary/aromatic N) is 2. The van der Waals surface area contributed by atoms with Crippen molar-refractivity contribution in [3.63, 3.8) is 0 Å². The first-order valence-corrected chi connectivity index (χ1v) is 7.18. The van der Waals surface area contributed by atoms with Gasteiger partial charge in [0.15, 0.2) is 17.1 Å². The standard InChI is InChI=1S/C16H16N4O2/c1-10-13-4-12(8-18-16(13)20-19-10)7-17-6-11-2-3-14-15(5-11)22-9-21-14/h2-5,8,17H,6-7,9H2,1H3,(H,18,19,20). The van der Waals surface area contributed by atoms with Crippen LogP contribution in [-0.2, 0) is 13.1 Å². The number of H-pyrrole nitrogens is 1. The molecule has 3 aromatic rings. The Morgan fingerprint density at radius 1 is 1.14 bits per heavy atom. The molecule has 0 radical (unpaired) electrons. The lowest BCUT2D eigenvalue weighted by molar-refractivity contribution is 0.174. The quantitative estimate of drug-likeness (QED) is 0.773. The summed E-state index contributed by atoms with van der Waals surface area (Å²) in [7, 11) is 0. The minimum atomic E-state index is 0.307. The molecule has 0 fully saturated rings. The van der Waals surface area contributed by atoms with Crippen molar-refractivity contribution in [1.29, 1.82) is 0 Å². The number of nitrogens with one attached hydrogen (secondary N) is 2. The van der Waals surface area contributed by atoms with E-state index < -0.39 is 0 Å². The molecule has 0 bridgehead atoms. The second kappa shape index (κ2) is 5.31. The third kappa shape index (κ3) is 2.37. The van der Waals surface area contributed by atoms with Crippen LogP contribution in [0.5, 0.6) is 11.5 Å². The highest BCUT2D eigenvalue weighted by Crippen LogP contribution is 2.32. The predicted molar refractivity (Wildman–Crippen MR) is 81.7 cm³/mol. The summed E-state index contributed by atoms with van der Waals surface area (Å²) in [5, 5.41) is 11.6. The summed E-state index contributed by atoms with van der Waals surface area (Å²) in [5.41, 5.74) is 4.10. The summed E-state index contributed by atoms with van der Waals surface area (Å²) in [6.45, 7) is 3.80. The summed E-state index contributed by atoms with van der Waals surface area (Å²) in [6, 6.07) is 8.12. The molecular formula is C16H16N4O2. The van der Waals surface area contributed by atoms with Crippen molar-refractivity contribution in [2.24, 2.45) is 0 Å². The number of aromatic amines is 1. The Morgan fingerprint density at radius 3 is 2.95 bits per heavy atom. The molecular weight excluding hydrogens is 280 g/mol. The first kappa shape index (κ1) is 13.1. The molecule has 0 aliphatic carbocycles. The maximum atomic E-state index is 5.39. The van der Waals surface area contributed by atoms with Crippen LogP contribution < -0.4 is 14.8 Å². The normalized spacial score (nSPS) is 13.0. The second-order valence-electron chi connectivity index (χ2n) is 5.34. The first-order chi connectivity index (χ1) is 10.8. The fourth-order valence-corrected chi connectivity index (χ4v) is 2.57. The monoisotopic (exact) mass is 296 g/mol. The molecule has 0 spiro atoms. The Labute approximate surface area is 127 Å². The van der Waals surface area contributed by atoms with Crippen LogP contribution in [0.25, 0.3) is 11.0 Å². The van der Waals surface area contributed by atoms with Gasteiger partial charge in [0.05, 0.1) is 5.69 Å². The van der Waals surface area contributed by atoms with Crippen LogP contribution >= 0.6 is 0 Å². The summed E-state index contributed by atoms with van der Waals surface area (Å²) < 4.78 is 10.7. The molecule has 1 aliphatic rings. The highest BCUT2D eigenvalue weighted by atomic mass is 16.7. The van der Waals surface area contributed by atoms with Crippen LogP contribution in [0, 0.1) is 6.92 Å². The van der Waals surface area contributed by atoms with Gasteiger partial charge in [-0.05, 0) is 36.2 Å². The van der Waals surface area contributed by atoms with E-state index >= 15 is 0 Å². The number of aryl methyl sites for hydroxylation is 1. The molecule has 22 heavy (non-hydrogen) atoms. The van der Waals surface area contributed by atoms with Gasteiger partial charge >= 0.3 is 0 Å². The number of rotatable bonds is 4. The highest BCUT2D eigenvalue weighted by molar-refractivity contribution is 5.77. The van der Waals surface area contributed by atoms with Crippen LogP contribution in [0.4, 0.5) is 0 Å². The second-order valence-corrected chi connectivity index (χ2v) is 5.34. The van der Waals surface area contributed by atoms with Crippen molar-refractivity contribution < 1.29 is 9.47 Å². The first-order valence-electron chi connectivity index (χ1n) is 7.18. The number of hydrogen-bond donors (Lipinski definition) is 2. The zero-order chi connectivity index (χ0) is 14.9. The van der Waals surface area contributed by atoms with Gasteiger partial charge in [0, 0.05) is 24.7 Å². The van der Waals surface area contributed by atoms with Gasteiger partial charge in [-0.3, -0.25) is 5.10 Å². The molecule has 6 nitrogen and oxygen atoms in total. The smallest absolute Gasteiger partial charge is 0.231 e. The number of benzene rings is 1. The largest absolute Gasteiger partial charge is 0.454 e. The van der Waals surface area contributed by atoms with Gasteiger partial charge in [-0.25, -0.2) is 4.98 Å². The third-order valence-electron chi connectivity index (χ3n) is 3.76. The minimum absolute atomic E-state index is 0.307. The number of ether oxygens (including phenoxy) is 2. The van der Waals surface area contributed by atoms with Crippen molar-refractivity contribution in [3.8, 4) is 11.5 Å². The molecule has 0 unspecified atom stereocenters. The molecule has 0 saturated carbocycles. The van der Waals surface area contributed by atoms with E-state index in [1.807, 2.05) is 31.3 Å². The van der Waals surface area contributed by atoms with E-state index in [0.717, 1.165) is 52.4 Å². The Hall–Kier alpha value is -2.60. The van der Waals surface area contributed by atoms with E-state index in [4.69, 9.17) is 9.47 Å². The Kier molecular flexibility index (Phi) is 3.16. The lowest BCUT2D eigenvalue weighted by Crippen LogP contribution is -2.12. The number of aromatic nitrogens is 3. The maximum absolute atomic E-state index is 5.39. The van der Waals surface area contributed by atoms with Crippen molar-refractivity contribution in [2.75, 3.05) is 6.79 Å². The van der Waals surface area contributed by atoms with E-state index in [0.29, 0.717) is 6.79 Å². The Balaban J connectivity index is 1.42. The Bertz CT molecular complexity index is 828. The number of hydrogen-bond acceptors (Lipinski definition) is 5. The molecule has 112 valence electrons. The lowest BCUT2D eigenvalue weighted by atomic mass is 10.2. The van der Waals surface area contributed by atoms with Crippen LogP contribution in [0.2, 0.25) is 0 Å². The molecule has 1 aromatic carbocycles. The average molecular weight is 296 g/mol. The van der Waals surface area contributed by atoms with Crippen LogP contribution in [-0.4, -0.2) is 22.0 Å². The molecule has 4 rings (SSSR count).